The van der Waals surface area contributed by atoms with Gasteiger partial charge in [0.2, 0.25) is 5.91 Å². The van der Waals surface area contributed by atoms with Gasteiger partial charge in [0.25, 0.3) is 0 Å². The second-order valence-electron chi connectivity index (χ2n) is 5.71. The number of aryl methyl sites for hydroxylation is 2. The molecule has 0 radical (unpaired) electrons. The van der Waals surface area contributed by atoms with Gasteiger partial charge in [0, 0.05) is 38.8 Å². The number of carbonyl (C=O) groups excluding carboxylic acids is 1. The highest BCUT2D eigenvalue weighted by atomic mass is 16.2. The molecular weight excluding hydrogens is 274 g/mol. The molecule has 4 nitrogen and oxygen atoms in total. The monoisotopic (exact) mass is 299 g/mol. The fourth-order valence-electron chi connectivity index (χ4n) is 2.51. The van der Waals surface area contributed by atoms with Crippen LogP contribution in [0.2, 0.25) is 0 Å². The number of nitrogens with zero attached hydrogens (tertiary/aromatic N) is 3. The van der Waals surface area contributed by atoms with Crippen LogP contribution in [0.5, 0.6) is 0 Å². The number of unbranched alkanes of at least 4 members (excludes halogenated alkanes) is 1. The number of benzene rings is 1. The largest absolute Gasteiger partial charge is 0.346 e. The first kappa shape index (κ1) is 16.3. The molecule has 0 saturated carbocycles. The lowest BCUT2D eigenvalue weighted by Crippen LogP contribution is -2.27. The van der Waals surface area contributed by atoms with E-state index < -0.39 is 0 Å². The van der Waals surface area contributed by atoms with Crippen molar-refractivity contribution in [3.63, 3.8) is 0 Å². The molecule has 0 aliphatic heterocycles. The van der Waals surface area contributed by atoms with Crippen molar-refractivity contribution < 1.29 is 4.79 Å². The van der Waals surface area contributed by atoms with Crippen LogP contribution in [-0.4, -0.2) is 34.2 Å². The van der Waals surface area contributed by atoms with E-state index in [2.05, 4.69) is 24.2 Å². The first-order chi connectivity index (χ1) is 10.6. The number of carbonyl (C=O) groups is 1. The standard InChI is InChI=1S/C18H25N3O/c1-4-5-13-20(2)17(22)12-11-16-14-21(3)19-18(16)15-9-7-6-8-10-15/h6-10,14H,4-5,11-13H2,1-3H3. The highest BCUT2D eigenvalue weighted by molar-refractivity contribution is 5.76. The molecule has 2 aromatic rings. The quantitative estimate of drug-likeness (QED) is 0.787. The molecule has 0 spiro atoms. The Balaban J connectivity index is 2.03. The summed E-state index contributed by atoms with van der Waals surface area (Å²) >= 11 is 0. The van der Waals surface area contributed by atoms with Crippen molar-refractivity contribution in [2.24, 2.45) is 7.05 Å². The molecule has 118 valence electrons. The minimum atomic E-state index is 0.205. The molecule has 4 heteroatoms. The summed E-state index contributed by atoms with van der Waals surface area (Å²) in [4.78, 5) is 14.0. The molecule has 0 N–H and O–H groups in total. The van der Waals surface area contributed by atoms with E-state index in [1.165, 1.54) is 0 Å². The van der Waals surface area contributed by atoms with Gasteiger partial charge in [0.15, 0.2) is 0 Å². The van der Waals surface area contributed by atoms with Gasteiger partial charge >= 0.3 is 0 Å². The van der Waals surface area contributed by atoms with E-state index in [4.69, 9.17) is 0 Å². The summed E-state index contributed by atoms with van der Waals surface area (Å²) in [7, 11) is 3.81. The summed E-state index contributed by atoms with van der Waals surface area (Å²) in [6.45, 7) is 2.98. The number of amides is 1. The fourth-order valence-corrected chi connectivity index (χ4v) is 2.51. The van der Waals surface area contributed by atoms with E-state index in [0.717, 1.165) is 42.6 Å². The van der Waals surface area contributed by atoms with Gasteiger partial charge < -0.3 is 4.90 Å². The lowest BCUT2D eigenvalue weighted by molar-refractivity contribution is -0.129. The zero-order valence-electron chi connectivity index (χ0n) is 13.7. The third-order valence-corrected chi connectivity index (χ3v) is 3.83. The maximum atomic E-state index is 12.2. The lowest BCUT2D eigenvalue weighted by atomic mass is 10.0. The Bertz CT molecular complexity index is 604. The van der Waals surface area contributed by atoms with Gasteiger partial charge in [-0.2, -0.15) is 5.10 Å². The number of rotatable bonds is 7. The summed E-state index contributed by atoms with van der Waals surface area (Å²) < 4.78 is 1.82. The molecule has 0 aliphatic carbocycles. The molecule has 0 fully saturated rings. The molecule has 0 atom stereocenters. The van der Waals surface area contributed by atoms with Gasteiger partial charge in [-0.25, -0.2) is 0 Å². The van der Waals surface area contributed by atoms with E-state index >= 15 is 0 Å². The zero-order valence-corrected chi connectivity index (χ0v) is 13.7. The summed E-state index contributed by atoms with van der Waals surface area (Å²) in [5.74, 6) is 0.205. The summed E-state index contributed by atoms with van der Waals surface area (Å²) in [5.41, 5.74) is 3.21. The van der Waals surface area contributed by atoms with Crippen molar-refractivity contribution in [3.05, 3.63) is 42.1 Å². The van der Waals surface area contributed by atoms with Crippen LogP contribution in [0, 0.1) is 0 Å². The van der Waals surface area contributed by atoms with E-state index in [-0.39, 0.29) is 5.91 Å². The van der Waals surface area contributed by atoms with Crippen LogP contribution in [0.25, 0.3) is 11.3 Å². The Morgan fingerprint density at radius 2 is 2.00 bits per heavy atom. The first-order valence-corrected chi connectivity index (χ1v) is 7.93. The van der Waals surface area contributed by atoms with Crippen molar-refractivity contribution in [1.29, 1.82) is 0 Å². The minimum absolute atomic E-state index is 0.205. The van der Waals surface area contributed by atoms with Crippen LogP contribution >= 0.6 is 0 Å². The van der Waals surface area contributed by atoms with E-state index in [9.17, 15) is 4.79 Å². The van der Waals surface area contributed by atoms with Gasteiger partial charge in [-0.05, 0) is 18.4 Å². The fraction of sp³-hybridized carbons (Fsp3) is 0.444. The average Bonchev–Trinajstić information content (AvgIpc) is 2.92. The molecule has 1 aromatic heterocycles. The topological polar surface area (TPSA) is 38.1 Å². The van der Waals surface area contributed by atoms with Crippen LogP contribution in [0.4, 0.5) is 0 Å². The number of aromatic nitrogens is 2. The van der Waals surface area contributed by atoms with Crippen LogP contribution in [0.3, 0.4) is 0 Å². The highest BCUT2D eigenvalue weighted by Gasteiger charge is 2.13. The van der Waals surface area contributed by atoms with Gasteiger partial charge in [-0.1, -0.05) is 43.7 Å². The van der Waals surface area contributed by atoms with Crippen molar-refractivity contribution in [2.75, 3.05) is 13.6 Å². The molecule has 0 unspecified atom stereocenters. The number of hydrogen-bond donors (Lipinski definition) is 0. The first-order valence-electron chi connectivity index (χ1n) is 7.93. The SMILES string of the molecule is CCCCN(C)C(=O)CCc1cn(C)nc1-c1ccccc1. The van der Waals surface area contributed by atoms with Crippen LogP contribution < -0.4 is 0 Å². The molecule has 2 rings (SSSR count). The maximum Gasteiger partial charge on any atom is 0.222 e. The van der Waals surface area contributed by atoms with Crippen molar-refractivity contribution in [1.82, 2.24) is 14.7 Å². The van der Waals surface area contributed by atoms with E-state index in [1.807, 2.05) is 48.1 Å². The molecular formula is C18H25N3O. The van der Waals surface area contributed by atoms with E-state index in [0.29, 0.717) is 6.42 Å². The summed E-state index contributed by atoms with van der Waals surface area (Å²) in [5, 5.41) is 4.55. The predicted molar refractivity (Wildman–Crippen MR) is 89.5 cm³/mol. The Kier molecular flexibility index (Phi) is 5.75. The summed E-state index contributed by atoms with van der Waals surface area (Å²) in [6.07, 6.45) is 5.45. The second-order valence-corrected chi connectivity index (χ2v) is 5.71. The van der Waals surface area contributed by atoms with E-state index in [1.54, 1.807) is 0 Å². The molecule has 0 aliphatic rings. The predicted octanol–water partition coefficient (Wildman–Crippen LogP) is 3.28. The maximum absolute atomic E-state index is 12.2. The average molecular weight is 299 g/mol. The molecule has 1 amide bonds. The van der Waals surface area contributed by atoms with Crippen molar-refractivity contribution >= 4 is 5.91 Å². The molecule has 1 heterocycles. The minimum Gasteiger partial charge on any atom is -0.346 e. The Labute approximate surface area is 132 Å². The Hall–Kier alpha value is -2.10. The summed E-state index contributed by atoms with van der Waals surface area (Å²) in [6, 6.07) is 10.1. The number of hydrogen-bond acceptors (Lipinski definition) is 2. The molecule has 0 saturated heterocycles. The highest BCUT2D eigenvalue weighted by Crippen LogP contribution is 2.22. The van der Waals surface area contributed by atoms with Gasteiger partial charge in [0.05, 0.1) is 5.69 Å². The second kappa shape index (κ2) is 7.78. The van der Waals surface area contributed by atoms with Crippen LogP contribution in [0.15, 0.2) is 36.5 Å². The molecule has 22 heavy (non-hydrogen) atoms. The third-order valence-electron chi connectivity index (χ3n) is 3.83. The molecule has 0 bridgehead atoms. The van der Waals surface area contributed by atoms with Crippen molar-refractivity contribution in [3.8, 4) is 11.3 Å². The lowest BCUT2D eigenvalue weighted by Gasteiger charge is -2.16. The smallest absolute Gasteiger partial charge is 0.222 e. The Morgan fingerprint density at radius 1 is 1.27 bits per heavy atom. The molecule has 1 aromatic carbocycles. The van der Waals surface area contributed by atoms with Crippen molar-refractivity contribution in [2.45, 2.75) is 32.6 Å². The van der Waals surface area contributed by atoms with Crippen LogP contribution in [0.1, 0.15) is 31.7 Å². The zero-order chi connectivity index (χ0) is 15.9. The Morgan fingerprint density at radius 3 is 2.68 bits per heavy atom. The van der Waals surface area contributed by atoms with Gasteiger partial charge in [-0.3, -0.25) is 9.48 Å². The van der Waals surface area contributed by atoms with Gasteiger partial charge in [0.1, 0.15) is 0 Å². The van der Waals surface area contributed by atoms with Gasteiger partial charge in [-0.15, -0.1) is 0 Å². The third kappa shape index (κ3) is 4.20. The normalized spacial score (nSPS) is 10.7. The van der Waals surface area contributed by atoms with Crippen LogP contribution in [-0.2, 0) is 18.3 Å².